The molecule has 0 unspecified atom stereocenters. The van der Waals surface area contributed by atoms with Crippen LogP contribution in [0.5, 0.6) is 0 Å². The molecule has 0 radical (unpaired) electrons. The van der Waals surface area contributed by atoms with Crippen LogP contribution in [0, 0.1) is 0 Å². The van der Waals surface area contributed by atoms with E-state index >= 15 is 0 Å². The van der Waals surface area contributed by atoms with Crippen LogP contribution in [0.15, 0.2) is 71.9 Å². The van der Waals surface area contributed by atoms with Gasteiger partial charge in [-0.3, -0.25) is 52.7 Å². The number of hydrogen-bond donors (Lipinski definition) is 1. The first kappa shape index (κ1) is 104. The van der Waals surface area contributed by atoms with Crippen molar-refractivity contribution in [3.63, 3.8) is 0 Å². The van der Waals surface area contributed by atoms with E-state index in [-0.39, 0.29) is 60.8 Å². The van der Waals surface area contributed by atoms with E-state index in [4.69, 9.17) is 5.11 Å². The van der Waals surface area contributed by atoms with Crippen molar-refractivity contribution in [3.8, 4) is 0 Å². The number of methoxy groups -OCH3 is 4. The predicted octanol–water partition coefficient (Wildman–Crippen LogP) is 13.4. The van der Waals surface area contributed by atoms with Crippen LogP contribution >= 0.6 is 0 Å². The molecule has 0 rings (SSSR count). The van der Waals surface area contributed by atoms with Crippen LogP contribution in [-0.2, 0) is 90.9 Å². The highest BCUT2D eigenvalue weighted by molar-refractivity contribution is 5.95. The lowest BCUT2D eigenvalue weighted by Gasteiger charge is -1.98. The summed E-state index contributed by atoms with van der Waals surface area (Å²) in [5, 5.41) is 8.17. The molecule has 0 aromatic rings. The number of ether oxygens (including phenoxy) is 4. The molecule has 20 nitrogen and oxygen atoms in total. The van der Waals surface area contributed by atoms with Crippen LogP contribution in [0.4, 0.5) is 0 Å². The Bertz CT molecular complexity index is 2040. The summed E-state index contributed by atoms with van der Waals surface area (Å²) in [7, 11) is 5.02. The second kappa shape index (κ2) is 90.4. The van der Waals surface area contributed by atoms with E-state index in [1.54, 1.807) is 20.8 Å². The zero-order valence-electron chi connectivity index (χ0n) is 58.4. The highest BCUT2D eigenvalue weighted by atomic mass is 16.5. The molecule has 0 aromatic heterocycles. The highest BCUT2D eigenvalue weighted by Crippen LogP contribution is 2.09. The van der Waals surface area contributed by atoms with Gasteiger partial charge in [-0.25, -0.2) is 9.59 Å². The fraction of sp³-hybridized carbons (Fsp3) is 0.614. The third-order valence-corrected chi connectivity index (χ3v) is 10.2. The topological polar surface area (TPSA) is 313 Å². The third kappa shape index (κ3) is 126. The Labute approximate surface area is 541 Å². The molecule has 0 amide bonds. The lowest BCUT2D eigenvalue weighted by Crippen LogP contribution is -2.07. The Hall–Kier alpha value is -7.35. The molecule has 0 fully saturated rings. The van der Waals surface area contributed by atoms with Gasteiger partial charge < -0.3 is 33.6 Å². The van der Waals surface area contributed by atoms with Crippen molar-refractivity contribution in [1.82, 2.24) is 0 Å². The van der Waals surface area contributed by atoms with Crippen molar-refractivity contribution >= 4 is 89.0 Å². The molecule has 0 saturated carbocycles. The number of Topliss-reactive ketones (excluding diaryl/α,β-unsaturated/α-hetero) is 5. The molecular weight excluding hydrogens is 1160 g/mol. The number of unbranched alkanes of at least 4 members (excludes halogenated alkanes) is 3. The van der Waals surface area contributed by atoms with Gasteiger partial charge in [0, 0.05) is 82.8 Å². The zero-order valence-corrected chi connectivity index (χ0v) is 58.4. The maximum atomic E-state index is 10.8. The average molecular weight is 1280 g/mol. The number of carbonyl (C=O) groups excluding carboxylic acids is 15. The summed E-state index contributed by atoms with van der Waals surface area (Å²) in [6.07, 6.45) is 34.8. The van der Waals surface area contributed by atoms with Gasteiger partial charge in [0.1, 0.15) is 54.2 Å². The van der Waals surface area contributed by atoms with Crippen molar-refractivity contribution in [2.24, 2.45) is 0 Å². The minimum absolute atomic E-state index is 0.0181. The molecule has 1 N–H and O–H groups in total. The van der Waals surface area contributed by atoms with Gasteiger partial charge in [0.2, 0.25) is 0 Å². The van der Waals surface area contributed by atoms with Crippen molar-refractivity contribution in [1.29, 1.82) is 0 Å². The van der Waals surface area contributed by atoms with Gasteiger partial charge in [-0.05, 0) is 116 Å². The van der Waals surface area contributed by atoms with E-state index in [0.717, 1.165) is 89.2 Å². The SMILES string of the molecule is CC(=O)/C=C/C=O.CC(=O)CC/C=C(\C)CCC=C(C)C.CCC(=O)/C=C/CO.CCC(=O)CC(=O)OC.CCCC(=O)/C=C/C=O.CCCC(=O)CC.CCCC(=O)CCC.CCCCCCC(=O)CC.COC(=O)/C=C/C(=O)OC.COC(=O)CCC=O. The standard InChI is InChI=1S/C13H22O.C9H18O.C7H10O2.C7H14O.C6H8O4.C6H10O3.C6H10O2.C6H12O.C5H8O3.C5H6O2/c1-11(2)7-5-8-12(3)9-6-10-13(4)14;1-3-5-6-7-8-9(10)4-2;1-2-4-7(9)5-3-6-8;1-3-5-7(8)6-4-2;1-9-5(7)3-4-6(8)10-2;1-3-5(7)4-6(8)9-2;1-2-6(8)4-3-5-7;1-3-5-6(7)4-2;1-8-5(7)3-2-4-6;1-5(7)3-2-4-6/h7,9H,5-6,8,10H2,1-4H3;3-8H2,1-2H3;3,5-6H,2,4H2,1H3;3-6H2,1-2H3;3-4H,1-2H3;3-4H2,1-2H3;3-4,7H,2,5H2,1H3;3-5H2,1-2H3;4H,2-3H2,1H3;2-4H,1H3/b12-9+;;5-3+;;4-3+;;4-3+;;;3-2+. The first-order chi connectivity index (χ1) is 42.5. The monoisotopic (exact) mass is 1280 g/mol. The minimum atomic E-state index is -0.578. The first-order valence-corrected chi connectivity index (χ1v) is 30.9. The Kier molecular flexibility index (Phi) is 105. The molecule has 90 heavy (non-hydrogen) atoms. The minimum Gasteiger partial charge on any atom is -0.469 e. The number of aliphatic hydroxyl groups is 1. The first-order valence-electron chi connectivity index (χ1n) is 30.9. The summed E-state index contributed by atoms with van der Waals surface area (Å²) < 4.78 is 16.9. The maximum absolute atomic E-state index is 10.8. The van der Waals surface area contributed by atoms with Crippen LogP contribution in [-0.4, -0.2) is 129 Å². The summed E-state index contributed by atoms with van der Waals surface area (Å²) in [5.74, 6) is -0.584. The molecule has 0 saturated heterocycles. The fourth-order valence-corrected chi connectivity index (χ4v) is 5.14. The number of ketones is 8. The Morgan fingerprint density at radius 1 is 0.389 bits per heavy atom. The fourth-order valence-electron chi connectivity index (χ4n) is 5.14. The third-order valence-electron chi connectivity index (χ3n) is 10.2. The lowest BCUT2D eigenvalue weighted by atomic mass is 10.1. The summed E-state index contributed by atoms with van der Waals surface area (Å²) in [4.78, 5) is 154. The van der Waals surface area contributed by atoms with Crippen molar-refractivity contribution in [2.75, 3.05) is 35.0 Å². The van der Waals surface area contributed by atoms with Gasteiger partial charge >= 0.3 is 23.9 Å². The molecule has 0 aliphatic rings. The van der Waals surface area contributed by atoms with Crippen LogP contribution < -0.4 is 0 Å². The van der Waals surface area contributed by atoms with E-state index in [1.807, 2.05) is 41.5 Å². The molecule has 0 aliphatic carbocycles. The van der Waals surface area contributed by atoms with Gasteiger partial charge in [0.05, 0.1) is 41.5 Å². The molecule has 0 aromatic carbocycles. The van der Waals surface area contributed by atoms with Gasteiger partial charge in [-0.2, -0.15) is 0 Å². The second-order valence-corrected chi connectivity index (χ2v) is 19.0. The van der Waals surface area contributed by atoms with E-state index in [1.165, 1.54) is 102 Å². The van der Waals surface area contributed by atoms with E-state index in [2.05, 4.69) is 58.8 Å². The number of rotatable bonds is 36. The Morgan fingerprint density at radius 2 is 0.844 bits per heavy atom. The van der Waals surface area contributed by atoms with Crippen molar-refractivity contribution in [3.05, 3.63) is 71.9 Å². The number of hydrogen-bond acceptors (Lipinski definition) is 20. The maximum Gasteiger partial charge on any atom is 0.330 e. The molecule has 20 heteroatoms. The summed E-state index contributed by atoms with van der Waals surface area (Å²) in [6.45, 7) is 26.9. The predicted molar refractivity (Wildman–Crippen MR) is 356 cm³/mol. The normalized spacial score (nSPS) is 9.61. The summed E-state index contributed by atoms with van der Waals surface area (Å²) in [5.41, 5.74) is 2.77. The van der Waals surface area contributed by atoms with Crippen LogP contribution in [0.1, 0.15) is 251 Å². The summed E-state index contributed by atoms with van der Waals surface area (Å²) >= 11 is 0. The van der Waals surface area contributed by atoms with E-state index in [9.17, 15) is 71.9 Å². The van der Waals surface area contributed by atoms with Gasteiger partial charge in [-0.15, -0.1) is 0 Å². The molecule has 518 valence electrons. The van der Waals surface area contributed by atoms with Gasteiger partial charge in [0.25, 0.3) is 0 Å². The number of allylic oxidation sites excluding steroid dienone is 9. The molecule has 0 atom stereocenters. The van der Waals surface area contributed by atoms with E-state index in [0.29, 0.717) is 74.7 Å². The van der Waals surface area contributed by atoms with Gasteiger partial charge in [0.15, 0.2) is 17.3 Å². The lowest BCUT2D eigenvalue weighted by molar-refractivity contribution is -0.144. The Balaban J connectivity index is -0.0000000994. The van der Waals surface area contributed by atoms with Crippen molar-refractivity contribution < 1.29 is 96.0 Å². The number of aliphatic hydroxyl groups excluding tert-OH is 1. The molecule has 0 heterocycles. The molecule has 0 bridgehead atoms. The second-order valence-electron chi connectivity index (χ2n) is 19.0. The van der Waals surface area contributed by atoms with Crippen LogP contribution in [0.3, 0.4) is 0 Å². The van der Waals surface area contributed by atoms with Crippen molar-refractivity contribution in [2.45, 2.75) is 251 Å². The number of carbonyl (C=O) groups is 15. The molecular formula is C70H118O20. The molecule has 0 aliphatic heterocycles. The number of aldehydes is 3. The summed E-state index contributed by atoms with van der Waals surface area (Å²) in [6, 6.07) is 0. The smallest absolute Gasteiger partial charge is 0.330 e. The zero-order chi connectivity index (χ0) is 71.8. The average Bonchev–Trinajstić information content (AvgIpc) is 3.54. The van der Waals surface area contributed by atoms with E-state index < -0.39 is 17.9 Å². The van der Waals surface area contributed by atoms with Gasteiger partial charge in [-0.1, -0.05) is 111 Å². The van der Waals surface area contributed by atoms with Crippen LogP contribution in [0.2, 0.25) is 0 Å². The molecule has 0 spiro atoms. The number of esters is 4. The quantitative estimate of drug-likeness (QED) is 0.0116. The Morgan fingerprint density at radius 3 is 1.19 bits per heavy atom. The van der Waals surface area contributed by atoms with Crippen LogP contribution in [0.25, 0.3) is 0 Å². The highest BCUT2D eigenvalue weighted by Gasteiger charge is 2.05. The largest absolute Gasteiger partial charge is 0.469 e.